The van der Waals surface area contributed by atoms with Gasteiger partial charge in [-0.15, -0.1) is 0 Å². The topological polar surface area (TPSA) is 53.7 Å². The van der Waals surface area contributed by atoms with Crippen LogP contribution in [0.25, 0.3) is 0 Å². The van der Waals surface area contributed by atoms with Crippen LogP contribution < -0.4 is 19.9 Å². The van der Waals surface area contributed by atoms with Gasteiger partial charge in [-0.05, 0) is 35.9 Å². The molecular formula is C16H18ClNO3. The second-order valence-electron chi connectivity index (χ2n) is 4.47. The number of methoxy groups -OCH3 is 3. The second kappa shape index (κ2) is 6.70. The minimum absolute atomic E-state index is 0.423. The van der Waals surface area contributed by atoms with Crippen molar-refractivity contribution in [3.05, 3.63) is 52.5 Å². The minimum atomic E-state index is -0.423. The summed E-state index contributed by atoms with van der Waals surface area (Å²) >= 11 is 6.29. The number of hydrogen-bond acceptors (Lipinski definition) is 4. The molecule has 0 heterocycles. The van der Waals surface area contributed by atoms with Crippen LogP contribution in [0.2, 0.25) is 5.02 Å². The van der Waals surface area contributed by atoms with Crippen molar-refractivity contribution in [2.45, 2.75) is 6.04 Å². The third-order valence-corrected chi connectivity index (χ3v) is 3.64. The first kappa shape index (κ1) is 15.5. The summed E-state index contributed by atoms with van der Waals surface area (Å²) in [6, 6.07) is 10.5. The number of benzene rings is 2. The fourth-order valence-electron chi connectivity index (χ4n) is 2.14. The van der Waals surface area contributed by atoms with E-state index < -0.39 is 6.04 Å². The average Bonchev–Trinajstić information content (AvgIpc) is 2.53. The first-order valence-corrected chi connectivity index (χ1v) is 6.79. The lowest BCUT2D eigenvalue weighted by Crippen LogP contribution is -2.14. The number of ether oxygens (including phenoxy) is 3. The van der Waals surface area contributed by atoms with Crippen molar-refractivity contribution in [1.82, 2.24) is 0 Å². The molecule has 2 rings (SSSR count). The molecule has 112 valence electrons. The van der Waals surface area contributed by atoms with E-state index in [0.717, 1.165) is 11.1 Å². The molecule has 4 nitrogen and oxygen atoms in total. The van der Waals surface area contributed by atoms with Crippen LogP contribution in [0.15, 0.2) is 36.4 Å². The van der Waals surface area contributed by atoms with Gasteiger partial charge in [0.2, 0.25) is 0 Å². The molecule has 0 saturated carbocycles. The maximum Gasteiger partial charge on any atom is 0.124 e. The van der Waals surface area contributed by atoms with Crippen LogP contribution >= 0.6 is 11.6 Å². The van der Waals surface area contributed by atoms with Gasteiger partial charge in [-0.25, -0.2) is 0 Å². The Morgan fingerprint density at radius 2 is 1.48 bits per heavy atom. The fourth-order valence-corrected chi connectivity index (χ4v) is 2.43. The summed E-state index contributed by atoms with van der Waals surface area (Å²) in [6.45, 7) is 0. The predicted octanol–water partition coefficient (Wildman–Crippen LogP) is 3.41. The molecule has 0 radical (unpaired) electrons. The van der Waals surface area contributed by atoms with Gasteiger partial charge in [0.25, 0.3) is 0 Å². The van der Waals surface area contributed by atoms with E-state index in [1.54, 1.807) is 27.4 Å². The van der Waals surface area contributed by atoms with E-state index in [1.807, 2.05) is 30.3 Å². The van der Waals surface area contributed by atoms with Gasteiger partial charge in [0.05, 0.1) is 27.4 Å². The SMILES string of the molecule is COc1ccc(C(N)c2cc(OC)ccc2OC)c(Cl)c1. The molecule has 2 aromatic rings. The lowest BCUT2D eigenvalue weighted by molar-refractivity contribution is 0.397. The van der Waals surface area contributed by atoms with Gasteiger partial charge in [-0.2, -0.15) is 0 Å². The normalized spacial score (nSPS) is 11.9. The van der Waals surface area contributed by atoms with Crippen LogP contribution in [0, 0.1) is 0 Å². The number of halogens is 1. The van der Waals surface area contributed by atoms with Crippen molar-refractivity contribution in [1.29, 1.82) is 0 Å². The van der Waals surface area contributed by atoms with Gasteiger partial charge in [0, 0.05) is 10.6 Å². The van der Waals surface area contributed by atoms with Crippen molar-refractivity contribution < 1.29 is 14.2 Å². The van der Waals surface area contributed by atoms with Crippen LogP contribution in [0.1, 0.15) is 17.2 Å². The van der Waals surface area contributed by atoms with Gasteiger partial charge < -0.3 is 19.9 Å². The molecule has 0 aliphatic rings. The van der Waals surface area contributed by atoms with Crippen molar-refractivity contribution in [3.63, 3.8) is 0 Å². The molecule has 5 heteroatoms. The molecule has 1 atom stereocenters. The van der Waals surface area contributed by atoms with Crippen molar-refractivity contribution in [3.8, 4) is 17.2 Å². The average molecular weight is 308 g/mol. The molecular weight excluding hydrogens is 290 g/mol. The molecule has 0 amide bonds. The Kier molecular flexibility index (Phi) is 4.94. The lowest BCUT2D eigenvalue weighted by atomic mass is 9.98. The summed E-state index contributed by atoms with van der Waals surface area (Å²) < 4.78 is 15.8. The highest BCUT2D eigenvalue weighted by molar-refractivity contribution is 6.31. The summed E-state index contributed by atoms with van der Waals surface area (Å²) in [6.07, 6.45) is 0. The van der Waals surface area contributed by atoms with Gasteiger partial charge in [-0.1, -0.05) is 17.7 Å². The molecule has 2 aromatic carbocycles. The van der Waals surface area contributed by atoms with Crippen molar-refractivity contribution >= 4 is 11.6 Å². The predicted molar refractivity (Wildman–Crippen MR) is 83.6 cm³/mol. The Bertz CT molecular complexity index is 631. The Morgan fingerprint density at radius 3 is 2.05 bits per heavy atom. The fraction of sp³-hybridized carbons (Fsp3) is 0.250. The highest BCUT2D eigenvalue weighted by atomic mass is 35.5. The third-order valence-electron chi connectivity index (χ3n) is 3.31. The van der Waals surface area contributed by atoms with Gasteiger partial charge in [-0.3, -0.25) is 0 Å². The van der Waals surface area contributed by atoms with E-state index in [9.17, 15) is 0 Å². The molecule has 0 aliphatic carbocycles. The Hall–Kier alpha value is -1.91. The number of hydrogen-bond donors (Lipinski definition) is 1. The van der Waals surface area contributed by atoms with Gasteiger partial charge >= 0.3 is 0 Å². The summed E-state index contributed by atoms with van der Waals surface area (Å²) in [5.74, 6) is 2.09. The first-order chi connectivity index (χ1) is 10.1. The number of rotatable bonds is 5. The smallest absolute Gasteiger partial charge is 0.124 e. The van der Waals surface area contributed by atoms with Crippen LogP contribution in [-0.2, 0) is 0 Å². The maximum absolute atomic E-state index is 6.35. The Morgan fingerprint density at radius 1 is 0.857 bits per heavy atom. The summed E-state index contributed by atoms with van der Waals surface area (Å²) in [5, 5.41) is 0.548. The highest BCUT2D eigenvalue weighted by Gasteiger charge is 2.18. The first-order valence-electron chi connectivity index (χ1n) is 6.41. The second-order valence-corrected chi connectivity index (χ2v) is 4.88. The maximum atomic E-state index is 6.35. The lowest BCUT2D eigenvalue weighted by Gasteiger charge is -2.18. The zero-order valence-corrected chi connectivity index (χ0v) is 13.0. The monoisotopic (exact) mass is 307 g/mol. The standard InChI is InChI=1S/C16H18ClNO3/c1-19-10-5-7-15(21-3)13(8-10)16(18)12-6-4-11(20-2)9-14(12)17/h4-9,16H,18H2,1-3H3. The molecule has 21 heavy (non-hydrogen) atoms. The summed E-state index contributed by atoms with van der Waals surface area (Å²) in [7, 11) is 4.81. The van der Waals surface area contributed by atoms with E-state index in [2.05, 4.69) is 0 Å². The Labute approximate surface area is 129 Å². The zero-order valence-electron chi connectivity index (χ0n) is 12.2. The molecule has 0 saturated heterocycles. The summed E-state index contributed by atoms with van der Waals surface area (Å²) in [5.41, 5.74) is 7.95. The van der Waals surface area contributed by atoms with E-state index in [-0.39, 0.29) is 0 Å². The quantitative estimate of drug-likeness (QED) is 0.919. The zero-order chi connectivity index (χ0) is 15.4. The minimum Gasteiger partial charge on any atom is -0.497 e. The van der Waals surface area contributed by atoms with Crippen molar-refractivity contribution in [2.24, 2.45) is 5.73 Å². The molecule has 2 N–H and O–H groups in total. The van der Waals surface area contributed by atoms with Crippen LogP contribution in [0.4, 0.5) is 0 Å². The molecule has 0 aromatic heterocycles. The van der Waals surface area contributed by atoms with Gasteiger partial charge in [0.15, 0.2) is 0 Å². The van der Waals surface area contributed by atoms with Crippen molar-refractivity contribution in [2.75, 3.05) is 21.3 Å². The van der Waals surface area contributed by atoms with Crippen LogP contribution in [-0.4, -0.2) is 21.3 Å². The molecule has 0 spiro atoms. The molecule has 0 aliphatic heterocycles. The summed E-state index contributed by atoms with van der Waals surface area (Å²) in [4.78, 5) is 0. The highest BCUT2D eigenvalue weighted by Crippen LogP contribution is 2.35. The van der Waals surface area contributed by atoms with E-state index in [4.69, 9.17) is 31.5 Å². The molecule has 0 fully saturated rings. The van der Waals surface area contributed by atoms with Crippen LogP contribution in [0.5, 0.6) is 17.2 Å². The molecule has 1 unspecified atom stereocenters. The number of nitrogens with two attached hydrogens (primary N) is 1. The van der Waals surface area contributed by atoms with E-state index >= 15 is 0 Å². The van der Waals surface area contributed by atoms with E-state index in [0.29, 0.717) is 22.3 Å². The Balaban J connectivity index is 2.45. The van der Waals surface area contributed by atoms with Gasteiger partial charge in [0.1, 0.15) is 17.2 Å². The molecule has 0 bridgehead atoms. The van der Waals surface area contributed by atoms with Crippen LogP contribution in [0.3, 0.4) is 0 Å². The third kappa shape index (κ3) is 3.23. The largest absolute Gasteiger partial charge is 0.497 e. The van der Waals surface area contributed by atoms with E-state index in [1.165, 1.54) is 0 Å².